The third-order valence-corrected chi connectivity index (χ3v) is 4.03. The number of aromatic nitrogens is 2. The van der Waals surface area contributed by atoms with E-state index >= 15 is 0 Å². The molecule has 6 heteroatoms. The van der Waals surface area contributed by atoms with Crippen molar-refractivity contribution in [1.29, 1.82) is 0 Å². The molecule has 0 unspecified atom stereocenters. The fourth-order valence-corrected chi connectivity index (χ4v) is 2.99. The molecule has 0 bridgehead atoms. The Kier molecular flexibility index (Phi) is 3.20. The summed E-state index contributed by atoms with van der Waals surface area (Å²) in [4.78, 5) is 23.0. The highest BCUT2D eigenvalue weighted by Gasteiger charge is 2.45. The second-order valence-corrected chi connectivity index (χ2v) is 6.23. The quantitative estimate of drug-likeness (QED) is 0.837. The summed E-state index contributed by atoms with van der Waals surface area (Å²) in [6.45, 7) is 3.92. The molecule has 0 atom stereocenters. The molecule has 3 heterocycles. The highest BCUT2D eigenvalue weighted by Crippen LogP contribution is 2.41. The fraction of sp³-hybridized carbons (Fsp3) is 0.267. The Morgan fingerprint density at radius 1 is 1.29 bits per heavy atom. The van der Waals surface area contributed by atoms with Crippen LogP contribution in [-0.4, -0.2) is 23.0 Å². The van der Waals surface area contributed by atoms with E-state index in [2.05, 4.69) is 25.9 Å². The molecule has 1 aliphatic heterocycles. The molecule has 5 nitrogen and oxygen atoms in total. The zero-order chi connectivity index (χ0) is 15.2. The molecule has 2 aromatic heterocycles. The Morgan fingerprint density at radius 2 is 2.05 bits per heavy atom. The average Bonchev–Trinajstić information content (AvgIpc) is 2.65. The van der Waals surface area contributed by atoms with Crippen LogP contribution in [0.5, 0.6) is 5.88 Å². The van der Waals surface area contributed by atoms with E-state index in [1.165, 1.54) is 0 Å². The molecule has 0 radical (unpaired) electrons. The highest BCUT2D eigenvalue weighted by atomic mass is 79.9. The summed E-state index contributed by atoms with van der Waals surface area (Å²) in [5.41, 5.74) is 1.48. The van der Waals surface area contributed by atoms with Crippen molar-refractivity contribution >= 4 is 27.5 Å². The summed E-state index contributed by atoms with van der Waals surface area (Å²) < 4.78 is 5.99. The molecule has 0 spiro atoms. The lowest BCUT2D eigenvalue weighted by Crippen LogP contribution is -2.39. The first-order chi connectivity index (χ1) is 9.95. The number of hydrogen-bond acceptors (Lipinski definition) is 4. The SMILES string of the molecule is COc1ccc2c(n1)C(C)(C)N(c1cncc(Br)c1)C2=O. The standard InChI is InChI=1S/C15H14BrN3O2/c1-15(2)13-11(4-5-12(18-13)21-3)14(20)19(15)10-6-9(16)7-17-8-10/h4-8H,1-3H3. The minimum atomic E-state index is -0.566. The van der Waals surface area contributed by atoms with Crippen LogP contribution in [-0.2, 0) is 5.54 Å². The first-order valence-electron chi connectivity index (χ1n) is 6.46. The topological polar surface area (TPSA) is 55.3 Å². The Balaban J connectivity index is 2.15. The van der Waals surface area contributed by atoms with E-state index in [1.54, 1.807) is 36.5 Å². The van der Waals surface area contributed by atoms with Gasteiger partial charge in [0.05, 0.1) is 35.8 Å². The number of halogens is 1. The lowest BCUT2D eigenvalue weighted by molar-refractivity contribution is 0.0982. The number of ether oxygens (including phenoxy) is 1. The van der Waals surface area contributed by atoms with Gasteiger partial charge in [-0.05, 0) is 41.9 Å². The summed E-state index contributed by atoms with van der Waals surface area (Å²) in [5.74, 6) is 0.425. The van der Waals surface area contributed by atoms with Crippen molar-refractivity contribution in [3.05, 3.63) is 46.3 Å². The number of hydrogen-bond donors (Lipinski definition) is 0. The molecule has 1 aliphatic rings. The Bertz CT molecular complexity index is 731. The van der Waals surface area contributed by atoms with Gasteiger partial charge < -0.3 is 4.74 Å². The van der Waals surface area contributed by atoms with Crippen molar-refractivity contribution in [1.82, 2.24) is 9.97 Å². The number of fused-ring (bicyclic) bond motifs is 1. The van der Waals surface area contributed by atoms with Gasteiger partial charge in [0.25, 0.3) is 5.91 Å². The number of carbonyl (C=O) groups is 1. The van der Waals surface area contributed by atoms with Gasteiger partial charge in [0, 0.05) is 16.7 Å². The predicted molar refractivity (Wildman–Crippen MR) is 82.6 cm³/mol. The maximum atomic E-state index is 12.7. The van der Waals surface area contributed by atoms with E-state index in [1.807, 2.05) is 19.9 Å². The van der Waals surface area contributed by atoms with Crippen LogP contribution < -0.4 is 9.64 Å². The number of nitrogens with zero attached hydrogens (tertiary/aromatic N) is 3. The van der Waals surface area contributed by atoms with Gasteiger partial charge in [-0.3, -0.25) is 14.7 Å². The van der Waals surface area contributed by atoms with Gasteiger partial charge in [0.15, 0.2) is 0 Å². The Hall–Kier alpha value is -1.95. The second kappa shape index (κ2) is 4.80. The van der Waals surface area contributed by atoms with Gasteiger partial charge in [-0.1, -0.05) is 0 Å². The highest BCUT2D eigenvalue weighted by molar-refractivity contribution is 9.10. The number of rotatable bonds is 2. The Morgan fingerprint density at radius 3 is 2.71 bits per heavy atom. The lowest BCUT2D eigenvalue weighted by atomic mass is 9.99. The zero-order valence-electron chi connectivity index (χ0n) is 11.9. The van der Waals surface area contributed by atoms with Crippen LogP contribution >= 0.6 is 15.9 Å². The molecule has 21 heavy (non-hydrogen) atoms. The molecule has 108 valence electrons. The predicted octanol–water partition coefficient (Wildman–Crippen LogP) is 3.14. The molecule has 0 N–H and O–H groups in total. The molecule has 3 rings (SSSR count). The van der Waals surface area contributed by atoms with Gasteiger partial charge in [0.1, 0.15) is 0 Å². The zero-order valence-corrected chi connectivity index (χ0v) is 13.5. The third kappa shape index (κ3) is 2.10. The normalized spacial score (nSPS) is 16.0. The van der Waals surface area contributed by atoms with E-state index < -0.39 is 5.54 Å². The Labute approximate surface area is 131 Å². The van der Waals surface area contributed by atoms with Gasteiger partial charge >= 0.3 is 0 Å². The van der Waals surface area contributed by atoms with Crippen molar-refractivity contribution in [3.63, 3.8) is 0 Å². The summed E-state index contributed by atoms with van der Waals surface area (Å²) in [7, 11) is 1.56. The van der Waals surface area contributed by atoms with Crippen LogP contribution in [0.25, 0.3) is 0 Å². The van der Waals surface area contributed by atoms with E-state index in [9.17, 15) is 4.79 Å². The maximum absolute atomic E-state index is 12.7. The van der Waals surface area contributed by atoms with E-state index in [-0.39, 0.29) is 5.91 Å². The van der Waals surface area contributed by atoms with Crippen LogP contribution in [0, 0.1) is 0 Å². The number of pyridine rings is 2. The molecule has 0 fully saturated rings. The van der Waals surface area contributed by atoms with Crippen molar-refractivity contribution in [2.75, 3.05) is 12.0 Å². The van der Waals surface area contributed by atoms with E-state index in [0.29, 0.717) is 17.1 Å². The van der Waals surface area contributed by atoms with E-state index in [4.69, 9.17) is 4.74 Å². The van der Waals surface area contributed by atoms with Crippen LogP contribution in [0.2, 0.25) is 0 Å². The summed E-state index contributed by atoms with van der Waals surface area (Å²) in [6, 6.07) is 5.34. The average molecular weight is 348 g/mol. The molecule has 2 aromatic rings. The smallest absolute Gasteiger partial charge is 0.261 e. The van der Waals surface area contributed by atoms with Gasteiger partial charge in [-0.2, -0.15) is 0 Å². The van der Waals surface area contributed by atoms with Crippen LogP contribution in [0.15, 0.2) is 35.1 Å². The molecular weight excluding hydrogens is 334 g/mol. The minimum Gasteiger partial charge on any atom is -0.481 e. The molecule has 0 aromatic carbocycles. The summed E-state index contributed by atoms with van der Waals surface area (Å²) >= 11 is 3.39. The monoisotopic (exact) mass is 347 g/mol. The first-order valence-corrected chi connectivity index (χ1v) is 7.25. The van der Waals surface area contributed by atoms with Crippen LogP contribution in [0.4, 0.5) is 5.69 Å². The molecule has 0 saturated heterocycles. The minimum absolute atomic E-state index is 0.0787. The van der Waals surface area contributed by atoms with Crippen molar-refractivity contribution < 1.29 is 9.53 Å². The maximum Gasteiger partial charge on any atom is 0.261 e. The first kappa shape index (κ1) is 14.0. The number of carbonyl (C=O) groups excluding carboxylic acids is 1. The van der Waals surface area contributed by atoms with Gasteiger partial charge in [0.2, 0.25) is 5.88 Å². The van der Waals surface area contributed by atoms with Crippen molar-refractivity contribution in [3.8, 4) is 5.88 Å². The van der Waals surface area contributed by atoms with Crippen molar-refractivity contribution in [2.45, 2.75) is 19.4 Å². The fourth-order valence-electron chi connectivity index (χ4n) is 2.64. The molecular formula is C15H14BrN3O2. The molecule has 1 amide bonds. The number of methoxy groups -OCH3 is 1. The van der Waals surface area contributed by atoms with Gasteiger partial charge in [-0.25, -0.2) is 4.98 Å². The van der Waals surface area contributed by atoms with Crippen molar-refractivity contribution in [2.24, 2.45) is 0 Å². The number of amides is 1. The largest absolute Gasteiger partial charge is 0.481 e. The number of anilines is 1. The third-order valence-electron chi connectivity index (χ3n) is 3.60. The summed E-state index contributed by atoms with van der Waals surface area (Å²) in [5, 5.41) is 0. The molecule has 0 saturated carbocycles. The van der Waals surface area contributed by atoms with Crippen LogP contribution in [0.1, 0.15) is 29.9 Å². The van der Waals surface area contributed by atoms with E-state index in [0.717, 1.165) is 10.2 Å². The second-order valence-electron chi connectivity index (χ2n) is 5.31. The lowest BCUT2D eigenvalue weighted by Gasteiger charge is -2.31. The molecule has 0 aliphatic carbocycles. The van der Waals surface area contributed by atoms with Crippen LogP contribution in [0.3, 0.4) is 0 Å². The van der Waals surface area contributed by atoms with Gasteiger partial charge in [-0.15, -0.1) is 0 Å². The summed E-state index contributed by atoms with van der Waals surface area (Å²) in [6.07, 6.45) is 3.36.